The number of nitrogens with zero attached hydrogens (tertiary/aromatic N) is 3. The van der Waals surface area contributed by atoms with Gasteiger partial charge in [0.1, 0.15) is 0 Å². The number of hydrogen-bond donors (Lipinski definition) is 1. The first-order valence-electron chi connectivity index (χ1n) is 8.20. The normalized spacial score (nSPS) is 15.4. The topological polar surface area (TPSA) is 71.7 Å². The second-order valence-corrected chi connectivity index (χ2v) is 6.23. The smallest absolute Gasteiger partial charge is 0.294 e. The summed E-state index contributed by atoms with van der Waals surface area (Å²) in [6.45, 7) is 1.52. The van der Waals surface area contributed by atoms with Crippen molar-refractivity contribution in [3.8, 4) is 5.75 Å². The Morgan fingerprint density at radius 1 is 1.24 bits per heavy atom. The van der Waals surface area contributed by atoms with Gasteiger partial charge in [-0.1, -0.05) is 0 Å². The number of rotatable bonds is 5. The molecule has 0 spiro atoms. The number of aromatic nitrogens is 1. The molecule has 1 aromatic heterocycles. The Labute approximate surface area is 147 Å². The SMILES string of the molecule is CN(C)CCCN1C(=O)/C(=C\c2ccncc2)Oc2cc(N)ccc21. The minimum absolute atomic E-state index is 0.146. The molecule has 1 amide bonds. The fraction of sp³-hybridized carbons (Fsp3) is 0.263. The summed E-state index contributed by atoms with van der Waals surface area (Å²) in [6.07, 6.45) is 5.96. The second-order valence-electron chi connectivity index (χ2n) is 6.23. The van der Waals surface area contributed by atoms with Gasteiger partial charge in [-0.05, 0) is 63.0 Å². The lowest BCUT2D eigenvalue weighted by molar-refractivity contribution is -0.117. The van der Waals surface area contributed by atoms with Crippen LogP contribution >= 0.6 is 0 Å². The lowest BCUT2D eigenvalue weighted by atomic mass is 10.1. The van der Waals surface area contributed by atoms with E-state index in [4.69, 9.17) is 10.5 Å². The summed E-state index contributed by atoms with van der Waals surface area (Å²) in [4.78, 5) is 20.8. The molecule has 3 rings (SSSR count). The van der Waals surface area contributed by atoms with Crippen LogP contribution in [0.25, 0.3) is 6.08 Å². The van der Waals surface area contributed by atoms with E-state index in [1.165, 1.54) is 0 Å². The molecule has 2 N–H and O–H groups in total. The zero-order valence-electron chi connectivity index (χ0n) is 14.5. The Bertz CT molecular complexity index is 787. The quantitative estimate of drug-likeness (QED) is 0.669. The number of nitrogen functional groups attached to an aromatic ring is 1. The largest absolute Gasteiger partial charge is 0.449 e. The number of pyridine rings is 1. The van der Waals surface area contributed by atoms with Crippen LogP contribution in [0.5, 0.6) is 5.75 Å². The average molecular weight is 338 g/mol. The van der Waals surface area contributed by atoms with Crippen molar-refractivity contribution in [2.24, 2.45) is 0 Å². The third kappa shape index (κ3) is 3.97. The summed E-state index contributed by atoms with van der Waals surface area (Å²) >= 11 is 0. The van der Waals surface area contributed by atoms with E-state index in [2.05, 4.69) is 9.88 Å². The van der Waals surface area contributed by atoms with Crippen LogP contribution in [0.15, 0.2) is 48.5 Å². The molecule has 1 aliphatic rings. The van der Waals surface area contributed by atoms with Crippen molar-refractivity contribution < 1.29 is 9.53 Å². The van der Waals surface area contributed by atoms with E-state index in [9.17, 15) is 4.79 Å². The number of fused-ring (bicyclic) bond motifs is 1. The van der Waals surface area contributed by atoms with E-state index in [-0.39, 0.29) is 11.7 Å². The summed E-state index contributed by atoms with van der Waals surface area (Å²) in [5.74, 6) is 0.742. The molecule has 0 atom stereocenters. The summed E-state index contributed by atoms with van der Waals surface area (Å²) in [5.41, 5.74) is 8.10. The number of carbonyl (C=O) groups is 1. The molecule has 0 saturated heterocycles. The molecule has 2 aromatic rings. The first kappa shape index (κ1) is 17.0. The first-order valence-corrected chi connectivity index (χ1v) is 8.20. The maximum Gasteiger partial charge on any atom is 0.294 e. The van der Waals surface area contributed by atoms with E-state index >= 15 is 0 Å². The lowest BCUT2D eigenvalue weighted by Gasteiger charge is -2.31. The number of ether oxygens (including phenoxy) is 1. The standard InChI is InChI=1S/C19H22N4O2/c1-22(2)10-3-11-23-16-5-4-15(20)13-17(16)25-18(19(23)24)12-14-6-8-21-9-7-14/h4-9,12-13H,3,10-11,20H2,1-2H3/b18-12+. The van der Waals surface area contributed by atoms with E-state index in [1.54, 1.807) is 35.5 Å². The van der Waals surface area contributed by atoms with Crippen molar-refractivity contribution in [2.45, 2.75) is 6.42 Å². The van der Waals surface area contributed by atoms with Gasteiger partial charge in [-0.2, -0.15) is 0 Å². The number of amides is 1. The highest BCUT2D eigenvalue weighted by atomic mass is 16.5. The Morgan fingerprint density at radius 2 is 2.00 bits per heavy atom. The molecule has 0 saturated carbocycles. The van der Waals surface area contributed by atoms with E-state index in [1.807, 2.05) is 32.3 Å². The van der Waals surface area contributed by atoms with Gasteiger partial charge in [0.2, 0.25) is 0 Å². The lowest BCUT2D eigenvalue weighted by Crippen LogP contribution is -2.38. The second kappa shape index (κ2) is 7.36. The zero-order valence-corrected chi connectivity index (χ0v) is 14.5. The third-order valence-corrected chi connectivity index (χ3v) is 3.94. The van der Waals surface area contributed by atoms with Crippen LogP contribution in [0.1, 0.15) is 12.0 Å². The molecular formula is C19H22N4O2. The highest BCUT2D eigenvalue weighted by molar-refractivity contribution is 6.10. The van der Waals surface area contributed by atoms with Gasteiger partial charge in [-0.3, -0.25) is 9.78 Å². The predicted molar refractivity (Wildman–Crippen MR) is 99.2 cm³/mol. The summed E-state index contributed by atoms with van der Waals surface area (Å²) in [6, 6.07) is 9.03. The molecule has 6 nitrogen and oxygen atoms in total. The molecule has 130 valence electrons. The van der Waals surface area contributed by atoms with Crippen molar-refractivity contribution >= 4 is 23.4 Å². The average Bonchev–Trinajstić information content (AvgIpc) is 2.58. The zero-order chi connectivity index (χ0) is 17.8. The summed E-state index contributed by atoms with van der Waals surface area (Å²) in [7, 11) is 4.04. The van der Waals surface area contributed by atoms with Crippen LogP contribution in [0, 0.1) is 0 Å². The number of benzene rings is 1. The Morgan fingerprint density at radius 3 is 2.72 bits per heavy atom. The minimum Gasteiger partial charge on any atom is -0.449 e. The van der Waals surface area contributed by atoms with Crippen molar-refractivity contribution in [1.82, 2.24) is 9.88 Å². The molecule has 6 heteroatoms. The van der Waals surface area contributed by atoms with Gasteiger partial charge < -0.3 is 20.3 Å². The third-order valence-electron chi connectivity index (χ3n) is 3.94. The van der Waals surface area contributed by atoms with Gasteiger partial charge in [0.15, 0.2) is 11.5 Å². The fourth-order valence-corrected chi connectivity index (χ4v) is 2.71. The van der Waals surface area contributed by atoms with Crippen LogP contribution in [-0.4, -0.2) is 43.0 Å². The van der Waals surface area contributed by atoms with Gasteiger partial charge in [0, 0.05) is 30.7 Å². The highest BCUT2D eigenvalue weighted by Crippen LogP contribution is 2.37. The van der Waals surface area contributed by atoms with Crippen LogP contribution < -0.4 is 15.4 Å². The number of nitrogens with two attached hydrogens (primary N) is 1. The number of hydrogen-bond acceptors (Lipinski definition) is 5. The van der Waals surface area contributed by atoms with Crippen molar-refractivity contribution in [3.63, 3.8) is 0 Å². The minimum atomic E-state index is -0.146. The van der Waals surface area contributed by atoms with E-state index in [0.717, 1.165) is 24.2 Å². The fourth-order valence-electron chi connectivity index (χ4n) is 2.71. The number of carbonyl (C=O) groups excluding carboxylic acids is 1. The number of anilines is 2. The molecule has 25 heavy (non-hydrogen) atoms. The molecule has 1 aromatic carbocycles. The van der Waals surface area contributed by atoms with Crippen molar-refractivity contribution in [2.75, 3.05) is 37.8 Å². The van der Waals surface area contributed by atoms with Gasteiger partial charge in [-0.25, -0.2) is 0 Å². The maximum atomic E-state index is 12.9. The van der Waals surface area contributed by atoms with Gasteiger partial charge in [-0.15, -0.1) is 0 Å². The van der Waals surface area contributed by atoms with Gasteiger partial charge >= 0.3 is 0 Å². The van der Waals surface area contributed by atoms with Crippen LogP contribution in [0.2, 0.25) is 0 Å². The van der Waals surface area contributed by atoms with Crippen molar-refractivity contribution in [1.29, 1.82) is 0 Å². The van der Waals surface area contributed by atoms with Crippen molar-refractivity contribution in [3.05, 3.63) is 54.0 Å². The first-order chi connectivity index (χ1) is 12.0. The molecule has 0 bridgehead atoms. The Balaban J connectivity index is 1.93. The van der Waals surface area contributed by atoms with Crippen LogP contribution in [0.4, 0.5) is 11.4 Å². The monoisotopic (exact) mass is 338 g/mol. The van der Waals surface area contributed by atoms with E-state index < -0.39 is 0 Å². The molecule has 0 unspecified atom stereocenters. The maximum absolute atomic E-state index is 12.9. The molecule has 0 aliphatic carbocycles. The molecule has 1 aliphatic heterocycles. The molecule has 2 heterocycles. The van der Waals surface area contributed by atoms with Gasteiger partial charge in [0.25, 0.3) is 5.91 Å². The Kier molecular flexibility index (Phi) is 5.00. The van der Waals surface area contributed by atoms with Crippen LogP contribution in [0.3, 0.4) is 0 Å². The Hall–Kier alpha value is -2.86. The van der Waals surface area contributed by atoms with E-state index in [0.29, 0.717) is 18.0 Å². The molecular weight excluding hydrogens is 316 g/mol. The highest BCUT2D eigenvalue weighted by Gasteiger charge is 2.30. The molecule has 0 fully saturated rings. The predicted octanol–water partition coefficient (Wildman–Crippen LogP) is 2.38. The van der Waals surface area contributed by atoms with Crippen LogP contribution in [-0.2, 0) is 4.79 Å². The molecule has 0 radical (unpaired) electrons. The summed E-state index contributed by atoms with van der Waals surface area (Å²) in [5, 5.41) is 0. The summed E-state index contributed by atoms with van der Waals surface area (Å²) < 4.78 is 5.85. The van der Waals surface area contributed by atoms with Gasteiger partial charge in [0.05, 0.1) is 5.69 Å².